The first-order valence-electron chi connectivity index (χ1n) is 9.13. The number of nitrogens with one attached hydrogen (secondary N) is 1. The summed E-state index contributed by atoms with van der Waals surface area (Å²) in [6.45, 7) is 6.17. The van der Waals surface area contributed by atoms with Crippen molar-refractivity contribution in [1.29, 1.82) is 0 Å². The van der Waals surface area contributed by atoms with Gasteiger partial charge in [-0.05, 0) is 37.5 Å². The van der Waals surface area contributed by atoms with Gasteiger partial charge in [-0.1, -0.05) is 37.3 Å². The van der Waals surface area contributed by atoms with Crippen LogP contribution in [0.4, 0.5) is 10.8 Å². The van der Waals surface area contributed by atoms with Crippen LogP contribution in [0.2, 0.25) is 0 Å². The molecule has 0 saturated carbocycles. The smallest absolute Gasteiger partial charge is 0.273 e. The molecular formula is C19H23N5O2S. The number of aromatic nitrogens is 2. The monoisotopic (exact) mass is 385 g/mol. The van der Waals surface area contributed by atoms with Crippen LogP contribution in [0.25, 0.3) is 0 Å². The van der Waals surface area contributed by atoms with E-state index in [1.165, 1.54) is 16.3 Å². The van der Waals surface area contributed by atoms with Gasteiger partial charge in [0.25, 0.3) is 5.91 Å². The Morgan fingerprint density at radius 3 is 2.74 bits per heavy atom. The molecule has 2 heterocycles. The third-order valence-electron chi connectivity index (χ3n) is 4.54. The molecule has 1 N–H and O–H groups in total. The zero-order valence-electron chi connectivity index (χ0n) is 15.7. The van der Waals surface area contributed by atoms with Gasteiger partial charge >= 0.3 is 0 Å². The molecule has 0 fully saturated rings. The molecule has 2 amide bonds. The first-order chi connectivity index (χ1) is 13.0. The van der Waals surface area contributed by atoms with E-state index in [-0.39, 0.29) is 18.2 Å². The predicted molar refractivity (Wildman–Crippen MR) is 107 cm³/mol. The Balaban J connectivity index is 1.76. The average Bonchev–Trinajstić information content (AvgIpc) is 3.11. The first-order valence-corrected chi connectivity index (χ1v) is 9.95. The molecule has 3 rings (SSSR count). The summed E-state index contributed by atoms with van der Waals surface area (Å²) < 4.78 is 0. The summed E-state index contributed by atoms with van der Waals surface area (Å²) >= 11 is 1.39. The van der Waals surface area contributed by atoms with Gasteiger partial charge in [0.05, 0.1) is 5.69 Å². The molecule has 1 aliphatic rings. The highest BCUT2D eigenvalue weighted by molar-refractivity contribution is 7.15. The van der Waals surface area contributed by atoms with E-state index in [1.54, 1.807) is 0 Å². The molecule has 8 heteroatoms. The van der Waals surface area contributed by atoms with Gasteiger partial charge in [-0.3, -0.25) is 14.9 Å². The summed E-state index contributed by atoms with van der Waals surface area (Å²) in [5.74, 6) is -0.105. The number of hydrazone groups is 1. The Morgan fingerprint density at radius 2 is 2.04 bits per heavy atom. The Hall–Kier alpha value is -2.61. The third-order valence-corrected chi connectivity index (χ3v) is 5.54. The fraction of sp³-hybridized carbons (Fsp3) is 0.421. The SMILES string of the molecule is CCC(CC)c1nnc(NC(=O)C2=NN(c3cccc(C)c3)C(=O)CC2)s1. The molecule has 0 spiro atoms. The summed E-state index contributed by atoms with van der Waals surface area (Å²) in [5.41, 5.74) is 2.00. The second-order valence-electron chi connectivity index (χ2n) is 6.50. The lowest BCUT2D eigenvalue weighted by Crippen LogP contribution is -2.36. The van der Waals surface area contributed by atoms with Crippen molar-refractivity contribution in [3.05, 3.63) is 34.8 Å². The second kappa shape index (κ2) is 8.39. The van der Waals surface area contributed by atoms with E-state index in [9.17, 15) is 9.59 Å². The number of hydrogen-bond acceptors (Lipinski definition) is 6. The van der Waals surface area contributed by atoms with Gasteiger partial charge in [0.15, 0.2) is 0 Å². The molecule has 1 aliphatic heterocycles. The lowest BCUT2D eigenvalue weighted by atomic mass is 10.1. The summed E-state index contributed by atoms with van der Waals surface area (Å²) in [6, 6.07) is 7.49. The Labute approximate surface area is 162 Å². The molecular weight excluding hydrogens is 362 g/mol. The van der Waals surface area contributed by atoms with Gasteiger partial charge in [0.1, 0.15) is 10.7 Å². The zero-order chi connectivity index (χ0) is 19.4. The van der Waals surface area contributed by atoms with E-state index >= 15 is 0 Å². The topological polar surface area (TPSA) is 87.6 Å². The molecule has 142 valence electrons. The minimum absolute atomic E-state index is 0.121. The molecule has 0 bridgehead atoms. The number of anilines is 2. The molecule has 7 nitrogen and oxygen atoms in total. The minimum atomic E-state index is -0.340. The van der Waals surface area contributed by atoms with Crippen molar-refractivity contribution in [2.45, 2.75) is 52.4 Å². The maximum Gasteiger partial charge on any atom is 0.273 e. The van der Waals surface area contributed by atoms with E-state index in [1.807, 2.05) is 31.2 Å². The van der Waals surface area contributed by atoms with Gasteiger partial charge in [-0.2, -0.15) is 5.10 Å². The van der Waals surface area contributed by atoms with Crippen molar-refractivity contribution in [3.63, 3.8) is 0 Å². The molecule has 1 aromatic carbocycles. The number of nitrogens with zero attached hydrogens (tertiary/aromatic N) is 4. The number of hydrogen-bond donors (Lipinski definition) is 1. The summed E-state index contributed by atoms with van der Waals surface area (Å²) in [7, 11) is 0. The summed E-state index contributed by atoms with van der Waals surface area (Å²) in [4.78, 5) is 24.8. The van der Waals surface area contributed by atoms with Crippen molar-refractivity contribution in [2.24, 2.45) is 5.10 Å². The lowest BCUT2D eigenvalue weighted by Gasteiger charge is -2.23. The van der Waals surface area contributed by atoms with Crippen molar-refractivity contribution in [3.8, 4) is 0 Å². The largest absolute Gasteiger partial charge is 0.295 e. The standard InChI is InChI=1S/C19H23N5O2S/c1-4-13(5-2)18-21-22-19(27-18)20-17(26)15-9-10-16(25)24(23-15)14-8-6-7-12(3)11-14/h6-8,11,13H,4-5,9-10H2,1-3H3,(H,20,22,26). The van der Waals surface area contributed by atoms with Crippen molar-refractivity contribution in [1.82, 2.24) is 10.2 Å². The minimum Gasteiger partial charge on any atom is -0.295 e. The van der Waals surface area contributed by atoms with Crippen LogP contribution in [0, 0.1) is 6.92 Å². The van der Waals surface area contributed by atoms with E-state index in [2.05, 4.69) is 34.5 Å². The average molecular weight is 385 g/mol. The normalized spacial score (nSPS) is 14.4. The van der Waals surface area contributed by atoms with E-state index in [0.717, 1.165) is 23.4 Å². The number of amides is 2. The highest BCUT2D eigenvalue weighted by Gasteiger charge is 2.26. The van der Waals surface area contributed by atoms with Crippen LogP contribution in [0.5, 0.6) is 0 Å². The first kappa shape index (κ1) is 19.2. The van der Waals surface area contributed by atoms with Crippen molar-refractivity contribution >= 4 is 39.7 Å². The zero-order valence-corrected chi connectivity index (χ0v) is 16.5. The van der Waals surface area contributed by atoms with E-state index in [4.69, 9.17) is 0 Å². The number of carbonyl (C=O) groups excluding carboxylic acids is 2. The van der Waals surface area contributed by atoms with Gasteiger partial charge in [-0.25, -0.2) is 5.01 Å². The Bertz CT molecular complexity index is 872. The fourth-order valence-corrected chi connectivity index (χ4v) is 3.94. The van der Waals surface area contributed by atoms with Gasteiger partial charge in [0.2, 0.25) is 11.0 Å². The molecule has 27 heavy (non-hydrogen) atoms. The molecule has 0 radical (unpaired) electrons. The van der Waals surface area contributed by atoms with Crippen LogP contribution < -0.4 is 10.3 Å². The Kier molecular flexibility index (Phi) is 5.95. The molecule has 0 saturated heterocycles. The van der Waals surface area contributed by atoms with Gasteiger partial charge in [0, 0.05) is 18.8 Å². The van der Waals surface area contributed by atoms with Crippen LogP contribution in [-0.4, -0.2) is 27.7 Å². The van der Waals surface area contributed by atoms with E-state index in [0.29, 0.717) is 28.9 Å². The summed E-state index contributed by atoms with van der Waals surface area (Å²) in [5, 5.41) is 18.0. The molecule has 2 aromatic rings. The van der Waals surface area contributed by atoms with Crippen LogP contribution >= 0.6 is 11.3 Å². The molecule has 1 aromatic heterocycles. The predicted octanol–water partition coefficient (Wildman–Crippen LogP) is 3.87. The van der Waals surface area contributed by atoms with Crippen LogP contribution in [-0.2, 0) is 9.59 Å². The van der Waals surface area contributed by atoms with Crippen LogP contribution in [0.15, 0.2) is 29.4 Å². The maximum atomic E-state index is 12.6. The van der Waals surface area contributed by atoms with E-state index < -0.39 is 0 Å². The van der Waals surface area contributed by atoms with Crippen molar-refractivity contribution < 1.29 is 9.59 Å². The Morgan fingerprint density at radius 1 is 1.26 bits per heavy atom. The molecule has 0 atom stereocenters. The quantitative estimate of drug-likeness (QED) is 0.817. The lowest BCUT2D eigenvalue weighted by molar-refractivity contribution is -0.118. The van der Waals surface area contributed by atoms with Crippen LogP contribution in [0.1, 0.15) is 56.0 Å². The third kappa shape index (κ3) is 4.39. The highest BCUT2D eigenvalue weighted by Crippen LogP contribution is 2.28. The number of aryl methyl sites for hydroxylation is 1. The summed E-state index contributed by atoms with van der Waals surface area (Å²) in [6.07, 6.45) is 2.53. The van der Waals surface area contributed by atoms with Gasteiger partial charge in [-0.15, -0.1) is 10.2 Å². The number of rotatable bonds is 6. The molecule has 0 unspecified atom stereocenters. The van der Waals surface area contributed by atoms with Crippen LogP contribution in [0.3, 0.4) is 0 Å². The maximum absolute atomic E-state index is 12.6. The highest BCUT2D eigenvalue weighted by atomic mass is 32.1. The van der Waals surface area contributed by atoms with Crippen molar-refractivity contribution in [2.75, 3.05) is 10.3 Å². The number of benzene rings is 1. The molecule has 0 aliphatic carbocycles. The number of carbonyl (C=O) groups is 2. The second-order valence-corrected chi connectivity index (χ2v) is 7.51. The fourth-order valence-electron chi connectivity index (χ4n) is 2.94. The van der Waals surface area contributed by atoms with Gasteiger partial charge < -0.3 is 0 Å².